The zero-order chi connectivity index (χ0) is 42.1. The summed E-state index contributed by atoms with van der Waals surface area (Å²) in [6.45, 7) is 4.25. The molecule has 0 spiro atoms. The van der Waals surface area contributed by atoms with Crippen LogP contribution in [0.25, 0.3) is 0 Å². The van der Waals surface area contributed by atoms with Crippen LogP contribution >= 0.6 is 0 Å². The largest absolute Gasteiger partial charge is 0.394 e. The van der Waals surface area contributed by atoms with Crippen LogP contribution < -0.4 is 5.32 Å². The highest BCUT2D eigenvalue weighted by molar-refractivity contribution is 5.76. The maximum Gasteiger partial charge on any atom is 0.220 e. The zero-order valence-electron chi connectivity index (χ0n) is 38.5. The van der Waals surface area contributed by atoms with Crippen molar-refractivity contribution < 1.29 is 15.0 Å². The van der Waals surface area contributed by atoms with Crippen molar-refractivity contribution in [3.05, 3.63) is 72.9 Å². The molecule has 0 saturated heterocycles. The fourth-order valence-corrected chi connectivity index (χ4v) is 7.28. The highest BCUT2D eigenvalue weighted by atomic mass is 16.3. The van der Waals surface area contributed by atoms with Crippen molar-refractivity contribution in [2.75, 3.05) is 6.61 Å². The quantitative estimate of drug-likeness (QED) is 0.0424. The summed E-state index contributed by atoms with van der Waals surface area (Å²) in [7, 11) is 0. The minimum Gasteiger partial charge on any atom is -0.394 e. The molecule has 3 N–H and O–H groups in total. The Kier molecular flexibility index (Phi) is 47.4. The summed E-state index contributed by atoms with van der Waals surface area (Å²) in [5, 5.41) is 23.0. The van der Waals surface area contributed by atoms with Gasteiger partial charge in [-0.1, -0.05) is 228 Å². The lowest BCUT2D eigenvalue weighted by atomic mass is 10.0. The van der Waals surface area contributed by atoms with E-state index in [0.717, 1.165) is 51.4 Å². The van der Waals surface area contributed by atoms with Crippen molar-refractivity contribution in [2.45, 2.75) is 257 Å². The molecule has 336 valence electrons. The fourth-order valence-electron chi connectivity index (χ4n) is 7.28. The standard InChI is InChI=1S/C54H97NO3/c1-3-5-7-9-11-13-15-17-18-19-20-21-22-23-24-25-26-27-28-29-30-31-32-33-34-35-36-38-40-42-44-46-48-50-54(58)55-52(51-56)53(57)49-47-45-43-41-39-37-16-14-12-10-8-6-4-2/h12,14-15,17,19-20,22-23,39,41,47,49,52-53,56-57H,3-11,13,16,18,21,24-38,40,42-46,48,50-51H2,1-2H3,(H,55,58)/b14-12+,17-15-,20-19-,23-22-,41-39+,49-47+. The summed E-state index contributed by atoms with van der Waals surface area (Å²) >= 11 is 0. The van der Waals surface area contributed by atoms with Gasteiger partial charge in [-0.15, -0.1) is 0 Å². The van der Waals surface area contributed by atoms with E-state index >= 15 is 0 Å². The molecule has 0 rings (SSSR count). The number of amides is 1. The van der Waals surface area contributed by atoms with E-state index in [1.54, 1.807) is 6.08 Å². The lowest BCUT2D eigenvalue weighted by Crippen LogP contribution is -2.45. The van der Waals surface area contributed by atoms with Crippen molar-refractivity contribution >= 4 is 5.91 Å². The fraction of sp³-hybridized carbons (Fsp3) is 0.759. The second-order valence-corrected chi connectivity index (χ2v) is 16.9. The summed E-state index contributed by atoms with van der Waals surface area (Å²) < 4.78 is 0. The van der Waals surface area contributed by atoms with Gasteiger partial charge in [0.05, 0.1) is 18.8 Å². The van der Waals surface area contributed by atoms with Gasteiger partial charge in [0.15, 0.2) is 0 Å². The highest BCUT2D eigenvalue weighted by Gasteiger charge is 2.17. The summed E-state index contributed by atoms with van der Waals surface area (Å²) in [6, 6.07) is -0.646. The Hall–Kier alpha value is -2.17. The van der Waals surface area contributed by atoms with Crippen molar-refractivity contribution in [3.8, 4) is 0 Å². The molecular weight excluding hydrogens is 711 g/mol. The number of rotatable bonds is 45. The van der Waals surface area contributed by atoms with Crippen LogP contribution in [0.15, 0.2) is 72.9 Å². The molecule has 0 aromatic heterocycles. The predicted molar refractivity (Wildman–Crippen MR) is 257 cm³/mol. The third-order valence-electron chi connectivity index (χ3n) is 11.1. The number of hydrogen-bond acceptors (Lipinski definition) is 3. The van der Waals surface area contributed by atoms with Crippen LogP contribution in [0.5, 0.6) is 0 Å². The zero-order valence-corrected chi connectivity index (χ0v) is 38.5. The lowest BCUT2D eigenvalue weighted by Gasteiger charge is -2.19. The molecule has 0 aromatic carbocycles. The molecule has 58 heavy (non-hydrogen) atoms. The molecule has 0 heterocycles. The molecular formula is C54H97NO3. The molecule has 2 atom stereocenters. The van der Waals surface area contributed by atoms with Crippen LogP contribution in [-0.4, -0.2) is 34.9 Å². The second kappa shape index (κ2) is 49.2. The van der Waals surface area contributed by atoms with E-state index in [1.165, 1.54) is 173 Å². The van der Waals surface area contributed by atoms with Crippen molar-refractivity contribution in [1.82, 2.24) is 5.32 Å². The van der Waals surface area contributed by atoms with Gasteiger partial charge in [0.1, 0.15) is 0 Å². The van der Waals surface area contributed by atoms with Gasteiger partial charge in [0.2, 0.25) is 5.91 Å². The monoisotopic (exact) mass is 808 g/mol. The molecule has 0 saturated carbocycles. The normalized spacial score (nSPS) is 13.5. The number of hydrogen-bond donors (Lipinski definition) is 3. The van der Waals surface area contributed by atoms with Crippen LogP contribution in [0, 0.1) is 0 Å². The van der Waals surface area contributed by atoms with E-state index in [0.29, 0.717) is 6.42 Å². The van der Waals surface area contributed by atoms with Gasteiger partial charge in [-0.25, -0.2) is 0 Å². The molecule has 0 bridgehead atoms. The summed E-state index contributed by atoms with van der Waals surface area (Å²) in [4.78, 5) is 12.4. The molecule has 0 fully saturated rings. The molecule has 0 aromatic rings. The average molecular weight is 808 g/mol. The third kappa shape index (κ3) is 44.9. The Morgan fingerprint density at radius 1 is 0.414 bits per heavy atom. The van der Waals surface area contributed by atoms with Crippen LogP contribution in [-0.2, 0) is 4.79 Å². The molecule has 0 aliphatic rings. The first kappa shape index (κ1) is 55.8. The van der Waals surface area contributed by atoms with E-state index in [4.69, 9.17) is 0 Å². The number of carbonyl (C=O) groups excluding carboxylic acids is 1. The first-order valence-electron chi connectivity index (χ1n) is 25.2. The minimum absolute atomic E-state index is 0.0792. The van der Waals surface area contributed by atoms with E-state index in [1.807, 2.05) is 6.08 Å². The summed E-state index contributed by atoms with van der Waals surface area (Å²) in [5.74, 6) is -0.0792. The Balaban J connectivity index is 3.50. The second-order valence-electron chi connectivity index (χ2n) is 16.9. The van der Waals surface area contributed by atoms with Gasteiger partial charge in [0, 0.05) is 6.42 Å². The smallest absolute Gasteiger partial charge is 0.220 e. The topological polar surface area (TPSA) is 69.6 Å². The van der Waals surface area contributed by atoms with Crippen LogP contribution in [0.4, 0.5) is 0 Å². The van der Waals surface area contributed by atoms with Gasteiger partial charge in [-0.2, -0.15) is 0 Å². The van der Waals surface area contributed by atoms with E-state index in [9.17, 15) is 15.0 Å². The number of unbranched alkanes of at least 4 members (excludes halogenated alkanes) is 28. The van der Waals surface area contributed by atoms with Gasteiger partial charge in [-0.05, 0) is 83.5 Å². The average Bonchev–Trinajstić information content (AvgIpc) is 3.23. The van der Waals surface area contributed by atoms with Crippen molar-refractivity contribution in [1.29, 1.82) is 0 Å². The molecule has 4 nitrogen and oxygen atoms in total. The molecule has 2 unspecified atom stereocenters. The van der Waals surface area contributed by atoms with E-state index < -0.39 is 12.1 Å². The minimum atomic E-state index is -0.871. The van der Waals surface area contributed by atoms with Crippen LogP contribution in [0.3, 0.4) is 0 Å². The first-order valence-corrected chi connectivity index (χ1v) is 25.2. The number of aliphatic hydroxyl groups excluding tert-OH is 2. The van der Waals surface area contributed by atoms with E-state index in [2.05, 4.69) is 79.9 Å². The molecule has 0 radical (unpaired) electrons. The van der Waals surface area contributed by atoms with Gasteiger partial charge < -0.3 is 15.5 Å². The third-order valence-corrected chi connectivity index (χ3v) is 11.1. The van der Waals surface area contributed by atoms with Crippen molar-refractivity contribution in [2.24, 2.45) is 0 Å². The van der Waals surface area contributed by atoms with Gasteiger partial charge >= 0.3 is 0 Å². The number of nitrogens with one attached hydrogen (secondary N) is 1. The maximum atomic E-state index is 12.4. The Morgan fingerprint density at radius 2 is 0.724 bits per heavy atom. The van der Waals surface area contributed by atoms with Crippen LogP contribution in [0.1, 0.15) is 245 Å². The number of aliphatic hydroxyl groups is 2. The number of carbonyl (C=O) groups is 1. The molecule has 4 heteroatoms. The van der Waals surface area contributed by atoms with Gasteiger partial charge in [0.25, 0.3) is 0 Å². The summed E-state index contributed by atoms with van der Waals surface area (Å²) in [6.07, 6.45) is 70.4. The van der Waals surface area contributed by atoms with Crippen LogP contribution in [0.2, 0.25) is 0 Å². The van der Waals surface area contributed by atoms with E-state index in [-0.39, 0.29) is 12.5 Å². The first-order chi connectivity index (χ1) is 28.7. The lowest BCUT2D eigenvalue weighted by molar-refractivity contribution is -0.123. The molecule has 1 amide bonds. The highest BCUT2D eigenvalue weighted by Crippen LogP contribution is 2.15. The Bertz CT molecular complexity index is 1010. The predicted octanol–water partition coefficient (Wildman–Crippen LogP) is 16.2. The van der Waals surface area contributed by atoms with Gasteiger partial charge in [-0.3, -0.25) is 4.79 Å². The maximum absolute atomic E-state index is 12.4. The molecule has 0 aliphatic heterocycles. The molecule has 0 aliphatic carbocycles. The Labute approximate surface area is 361 Å². The summed E-state index contributed by atoms with van der Waals surface area (Å²) in [5.41, 5.74) is 0. The SMILES string of the molecule is CCCCC/C=C/CC/C=C/CC/C=C/C(O)C(CO)NC(=O)CCCCCCCCCCCCCCCCCCCC/C=C\C/C=C\C/C=C\CCCCCCC. The van der Waals surface area contributed by atoms with Crippen molar-refractivity contribution in [3.63, 3.8) is 0 Å². The Morgan fingerprint density at radius 3 is 1.16 bits per heavy atom. The number of allylic oxidation sites excluding steroid dienone is 11.